The molecule has 2 rings (SSSR count). The van der Waals surface area contributed by atoms with E-state index in [1.807, 2.05) is 51.1 Å². The molecule has 0 aliphatic rings. The molecule has 110 valence electrons. The summed E-state index contributed by atoms with van der Waals surface area (Å²) in [5.41, 5.74) is 1.91. The fraction of sp³-hybridized carbons (Fsp3) is 0.250. The second-order valence-electron chi connectivity index (χ2n) is 5.74. The van der Waals surface area contributed by atoms with Gasteiger partial charge in [0, 0.05) is 10.0 Å². The van der Waals surface area contributed by atoms with Crippen molar-refractivity contribution in [1.29, 1.82) is 0 Å². The predicted octanol–water partition coefficient (Wildman–Crippen LogP) is 4.12. The van der Waals surface area contributed by atoms with E-state index in [-0.39, 0.29) is 11.4 Å². The van der Waals surface area contributed by atoms with E-state index >= 15 is 0 Å². The zero-order chi connectivity index (χ0) is 15.5. The van der Waals surface area contributed by atoms with Crippen LogP contribution in [0.25, 0.3) is 0 Å². The van der Waals surface area contributed by atoms with Gasteiger partial charge in [0.25, 0.3) is 5.91 Å². The topological polar surface area (TPSA) is 54.0 Å². The second kappa shape index (κ2) is 6.26. The molecule has 0 radical (unpaired) electrons. The van der Waals surface area contributed by atoms with Gasteiger partial charge in [0.1, 0.15) is 5.69 Å². The van der Waals surface area contributed by atoms with Gasteiger partial charge in [0.15, 0.2) is 0 Å². The summed E-state index contributed by atoms with van der Waals surface area (Å²) in [6, 6.07) is 11.4. The Balaban J connectivity index is 2.09. The van der Waals surface area contributed by atoms with Crippen molar-refractivity contribution in [2.45, 2.75) is 26.3 Å². The van der Waals surface area contributed by atoms with Gasteiger partial charge >= 0.3 is 0 Å². The maximum absolute atomic E-state index is 12.0. The molecule has 0 unspecified atom stereocenters. The molecule has 0 spiro atoms. The van der Waals surface area contributed by atoms with E-state index in [1.165, 1.54) is 0 Å². The van der Waals surface area contributed by atoms with Gasteiger partial charge in [-0.15, -0.1) is 0 Å². The summed E-state index contributed by atoms with van der Waals surface area (Å²) in [5, 5.41) is 6.13. The molecular formula is C16H18BrN3O. The average molecular weight is 348 g/mol. The summed E-state index contributed by atoms with van der Waals surface area (Å²) < 4.78 is 0.972. The normalized spacial score (nSPS) is 11.0. The van der Waals surface area contributed by atoms with E-state index in [2.05, 4.69) is 31.5 Å². The van der Waals surface area contributed by atoms with Crippen molar-refractivity contribution in [3.63, 3.8) is 0 Å². The van der Waals surface area contributed by atoms with Crippen molar-refractivity contribution in [2.24, 2.45) is 0 Å². The molecule has 4 nitrogen and oxygen atoms in total. The Bertz CT molecular complexity index is 633. The number of nitrogens with one attached hydrogen (secondary N) is 2. The largest absolute Gasteiger partial charge is 0.353 e. The summed E-state index contributed by atoms with van der Waals surface area (Å²) >= 11 is 3.48. The number of hydrogen-bond acceptors (Lipinski definition) is 3. The molecule has 1 aromatic carbocycles. The van der Waals surface area contributed by atoms with Crippen molar-refractivity contribution in [3.8, 4) is 0 Å². The Morgan fingerprint density at radius 1 is 1.14 bits per heavy atom. The van der Waals surface area contributed by atoms with Crippen LogP contribution in [-0.2, 0) is 0 Å². The molecule has 5 heteroatoms. The van der Waals surface area contributed by atoms with Gasteiger partial charge in [-0.2, -0.15) is 0 Å². The number of carbonyl (C=O) groups is 1. The lowest BCUT2D eigenvalue weighted by molar-refractivity contribution is 0.0914. The molecule has 0 aliphatic heterocycles. The van der Waals surface area contributed by atoms with Crippen LogP contribution in [-0.4, -0.2) is 16.4 Å². The minimum atomic E-state index is -0.273. The maximum Gasteiger partial charge on any atom is 0.270 e. The molecule has 0 atom stereocenters. The van der Waals surface area contributed by atoms with Gasteiger partial charge < -0.3 is 10.6 Å². The van der Waals surface area contributed by atoms with Gasteiger partial charge in [-0.1, -0.05) is 12.1 Å². The Hall–Kier alpha value is -1.88. The second-order valence-corrected chi connectivity index (χ2v) is 6.60. The van der Waals surface area contributed by atoms with E-state index in [4.69, 9.17) is 0 Å². The number of carbonyl (C=O) groups excluding carboxylic acids is 1. The van der Waals surface area contributed by atoms with Gasteiger partial charge in [0.05, 0.1) is 17.6 Å². The molecule has 0 fully saturated rings. The summed E-state index contributed by atoms with van der Waals surface area (Å²) in [6.45, 7) is 5.81. The minimum absolute atomic E-state index is 0.171. The van der Waals surface area contributed by atoms with Gasteiger partial charge in [-0.25, -0.2) is 4.98 Å². The number of halogens is 1. The number of amides is 1. The highest BCUT2D eigenvalue weighted by atomic mass is 79.9. The van der Waals surface area contributed by atoms with Gasteiger partial charge in [-0.05, 0) is 61.0 Å². The van der Waals surface area contributed by atoms with Crippen LogP contribution < -0.4 is 10.6 Å². The van der Waals surface area contributed by atoms with Gasteiger partial charge in [-0.3, -0.25) is 4.79 Å². The highest BCUT2D eigenvalue weighted by molar-refractivity contribution is 9.10. The quantitative estimate of drug-likeness (QED) is 0.878. The van der Waals surface area contributed by atoms with Crippen LogP contribution in [0.2, 0.25) is 0 Å². The Labute approximate surface area is 133 Å². The van der Waals surface area contributed by atoms with E-state index in [0.717, 1.165) is 15.8 Å². The standard InChI is InChI=1S/C16H18BrN3O/c1-16(2,3)20-15(21)14-9-8-11(10-18-14)19-13-7-5-4-6-12(13)17/h4-10,19H,1-3H3,(H,20,21). The van der Waals surface area contributed by atoms with Crippen LogP contribution in [0.5, 0.6) is 0 Å². The zero-order valence-electron chi connectivity index (χ0n) is 12.3. The fourth-order valence-corrected chi connectivity index (χ4v) is 2.11. The smallest absolute Gasteiger partial charge is 0.270 e. The SMILES string of the molecule is CC(C)(C)NC(=O)c1ccc(Nc2ccccc2Br)cn1. The van der Waals surface area contributed by atoms with Crippen LogP contribution in [0.4, 0.5) is 11.4 Å². The zero-order valence-corrected chi connectivity index (χ0v) is 13.9. The molecule has 2 N–H and O–H groups in total. The number of nitrogens with zero attached hydrogens (tertiary/aromatic N) is 1. The highest BCUT2D eigenvalue weighted by Crippen LogP contribution is 2.24. The van der Waals surface area contributed by atoms with E-state index < -0.39 is 0 Å². The van der Waals surface area contributed by atoms with E-state index in [9.17, 15) is 4.79 Å². The Kier molecular flexibility index (Phi) is 4.63. The molecule has 0 saturated heterocycles. The maximum atomic E-state index is 12.0. The molecular weight excluding hydrogens is 330 g/mol. The Morgan fingerprint density at radius 2 is 1.86 bits per heavy atom. The monoisotopic (exact) mass is 347 g/mol. The van der Waals surface area contributed by atoms with E-state index in [1.54, 1.807) is 12.3 Å². The third-order valence-corrected chi connectivity index (χ3v) is 3.33. The number of anilines is 2. The third kappa shape index (κ3) is 4.56. The van der Waals surface area contributed by atoms with Crippen molar-refractivity contribution >= 4 is 33.2 Å². The number of rotatable bonds is 3. The van der Waals surface area contributed by atoms with E-state index in [0.29, 0.717) is 5.69 Å². The van der Waals surface area contributed by atoms with Gasteiger partial charge in [0.2, 0.25) is 0 Å². The first-order chi connectivity index (χ1) is 9.85. The van der Waals surface area contributed by atoms with Crippen molar-refractivity contribution in [1.82, 2.24) is 10.3 Å². The molecule has 0 aliphatic carbocycles. The summed E-state index contributed by atoms with van der Waals surface area (Å²) in [6.07, 6.45) is 1.65. The average Bonchev–Trinajstić information content (AvgIpc) is 2.40. The first-order valence-corrected chi connectivity index (χ1v) is 7.44. The minimum Gasteiger partial charge on any atom is -0.353 e. The highest BCUT2D eigenvalue weighted by Gasteiger charge is 2.16. The molecule has 1 heterocycles. The van der Waals surface area contributed by atoms with Crippen LogP contribution in [0.15, 0.2) is 47.1 Å². The number of hydrogen-bond donors (Lipinski definition) is 2. The van der Waals surface area contributed by atoms with Crippen molar-refractivity contribution in [3.05, 3.63) is 52.8 Å². The first kappa shape index (κ1) is 15.5. The van der Waals surface area contributed by atoms with Crippen molar-refractivity contribution in [2.75, 3.05) is 5.32 Å². The molecule has 2 aromatic rings. The molecule has 21 heavy (non-hydrogen) atoms. The van der Waals surface area contributed by atoms with Crippen LogP contribution in [0.1, 0.15) is 31.3 Å². The summed E-state index contributed by atoms with van der Waals surface area (Å²) in [4.78, 5) is 16.2. The summed E-state index contributed by atoms with van der Waals surface area (Å²) in [7, 11) is 0. The van der Waals surface area contributed by atoms with Crippen LogP contribution >= 0.6 is 15.9 Å². The third-order valence-electron chi connectivity index (χ3n) is 2.64. The fourth-order valence-electron chi connectivity index (χ4n) is 1.72. The molecule has 0 bridgehead atoms. The lowest BCUT2D eigenvalue weighted by Gasteiger charge is -2.20. The number of benzene rings is 1. The number of aromatic nitrogens is 1. The van der Waals surface area contributed by atoms with Crippen LogP contribution in [0.3, 0.4) is 0 Å². The number of para-hydroxylation sites is 1. The lowest BCUT2D eigenvalue weighted by Crippen LogP contribution is -2.40. The van der Waals surface area contributed by atoms with Crippen LogP contribution in [0, 0.1) is 0 Å². The molecule has 0 saturated carbocycles. The Morgan fingerprint density at radius 3 is 2.43 bits per heavy atom. The number of pyridine rings is 1. The first-order valence-electron chi connectivity index (χ1n) is 6.65. The molecule has 1 amide bonds. The lowest BCUT2D eigenvalue weighted by atomic mass is 10.1. The summed E-state index contributed by atoms with van der Waals surface area (Å²) in [5.74, 6) is -0.171. The van der Waals surface area contributed by atoms with Crippen molar-refractivity contribution < 1.29 is 4.79 Å². The molecule has 1 aromatic heterocycles. The predicted molar refractivity (Wildman–Crippen MR) is 88.9 cm³/mol.